The van der Waals surface area contributed by atoms with Gasteiger partial charge >= 0.3 is 0 Å². The number of hydrogen-bond donors (Lipinski definition) is 2. The van der Waals surface area contributed by atoms with Crippen LogP contribution in [0.5, 0.6) is 0 Å². The highest BCUT2D eigenvalue weighted by molar-refractivity contribution is 14.0. The van der Waals surface area contributed by atoms with Gasteiger partial charge < -0.3 is 10.6 Å². The van der Waals surface area contributed by atoms with Crippen LogP contribution in [0.1, 0.15) is 38.3 Å². The van der Waals surface area contributed by atoms with Crippen molar-refractivity contribution < 1.29 is 0 Å². The molecule has 0 aromatic carbocycles. The number of guanidine groups is 1. The van der Waals surface area contributed by atoms with E-state index in [9.17, 15) is 0 Å². The number of halogens is 1. The van der Waals surface area contributed by atoms with Gasteiger partial charge in [-0.1, -0.05) is 6.07 Å². The van der Waals surface area contributed by atoms with Crippen LogP contribution in [-0.4, -0.2) is 48.1 Å². The van der Waals surface area contributed by atoms with Crippen LogP contribution in [0.15, 0.2) is 29.4 Å². The molecule has 0 atom stereocenters. The Bertz CT molecular complexity index is 499. The van der Waals surface area contributed by atoms with E-state index >= 15 is 0 Å². The first kappa shape index (κ1) is 19.4. The summed E-state index contributed by atoms with van der Waals surface area (Å²) in [5.41, 5.74) is 0.998. The van der Waals surface area contributed by atoms with Crippen molar-refractivity contribution in [3.8, 4) is 0 Å². The molecule has 0 amide bonds. The summed E-state index contributed by atoms with van der Waals surface area (Å²) >= 11 is 0. The second-order valence-electron chi connectivity index (χ2n) is 6.61. The molecule has 0 radical (unpaired) electrons. The van der Waals surface area contributed by atoms with Gasteiger partial charge in [0, 0.05) is 38.4 Å². The Morgan fingerprint density at radius 1 is 1.25 bits per heavy atom. The van der Waals surface area contributed by atoms with Crippen molar-refractivity contribution in [2.24, 2.45) is 10.9 Å². The van der Waals surface area contributed by atoms with Gasteiger partial charge in [-0.15, -0.1) is 24.0 Å². The molecule has 2 fully saturated rings. The normalized spacial score (nSPS) is 17.5. The maximum absolute atomic E-state index is 4.63. The average molecular weight is 443 g/mol. The van der Waals surface area contributed by atoms with Crippen molar-refractivity contribution in [3.05, 3.63) is 30.1 Å². The lowest BCUT2D eigenvalue weighted by Crippen LogP contribution is -2.42. The Kier molecular flexibility index (Phi) is 8.24. The van der Waals surface area contributed by atoms with E-state index in [1.54, 1.807) is 0 Å². The summed E-state index contributed by atoms with van der Waals surface area (Å²) in [5.74, 6) is 1.86. The lowest BCUT2D eigenvalue weighted by molar-refractivity contribution is 0.256. The Labute approximate surface area is 162 Å². The molecule has 1 heterocycles. The summed E-state index contributed by atoms with van der Waals surface area (Å²) in [6.45, 7) is 6.97. The van der Waals surface area contributed by atoms with E-state index in [0.717, 1.165) is 43.2 Å². The van der Waals surface area contributed by atoms with Gasteiger partial charge in [0.1, 0.15) is 0 Å². The van der Waals surface area contributed by atoms with Gasteiger partial charge in [-0.05, 0) is 50.7 Å². The summed E-state index contributed by atoms with van der Waals surface area (Å²) in [6, 6.07) is 6.80. The van der Waals surface area contributed by atoms with Crippen molar-refractivity contribution in [1.82, 2.24) is 20.5 Å². The first-order valence-electron chi connectivity index (χ1n) is 9.01. The monoisotopic (exact) mass is 443 g/mol. The molecule has 134 valence electrons. The summed E-state index contributed by atoms with van der Waals surface area (Å²) in [4.78, 5) is 11.6. The smallest absolute Gasteiger partial charge is 0.191 e. The highest BCUT2D eigenvalue weighted by Gasteiger charge is 2.33. The van der Waals surface area contributed by atoms with E-state index in [1.165, 1.54) is 32.2 Å². The average Bonchev–Trinajstić information content (AvgIpc) is 3.46. The van der Waals surface area contributed by atoms with Crippen LogP contribution in [0.25, 0.3) is 0 Å². The van der Waals surface area contributed by atoms with E-state index in [1.807, 2.05) is 24.4 Å². The van der Waals surface area contributed by atoms with Crippen LogP contribution in [0.3, 0.4) is 0 Å². The number of rotatable bonds is 9. The van der Waals surface area contributed by atoms with Gasteiger partial charge in [0.2, 0.25) is 0 Å². The third-order valence-corrected chi connectivity index (χ3v) is 4.41. The maximum Gasteiger partial charge on any atom is 0.191 e. The fourth-order valence-electron chi connectivity index (χ4n) is 2.81. The van der Waals surface area contributed by atoms with Crippen molar-refractivity contribution in [2.45, 2.75) is 45.2 Å². The number of nitrogens with one attached hydrogen (secondary N) is 2. The predicted octanol–water partition coefficient (Wildman–Crippen LogP) is 2.63. The summed E-state index contributed by atoms with van der Waals surface area (Å²) < 4.78 is 0. The zero-order chi connectivity index (χ0) is 15.9. The molecular formula is C18H30IN5. The van der Waals surface area contributed by atoms with E-state index in [2.05, 4.69) is 32.4 Å². The van der Waals surface area contributed by atoms with Gasteiger partial charge in [0.05, 0.1) is 12.2 Å². The molecule has 0 saturated heterocycles. The molecule has 2 saturated carbocycles. The van der Waals surface area contributed by atoms with Crippen LogP contribution in [0.4, 0.5) is 0 Å². The summed E-state index contributed by atoms with van der Waals surface area (Å²) in [6.07, 6.45) is 7.47. The third-order valence-electron chi connectivity index (χ3n) is 4.41. The molecule has 1 aromatic rings. The number of hydrogen-bond acceptors (Lipinski definition) is 3. The standard InChI is InChI=1S/C18H29N5.HI/c1-2-19-18(22-13-16-5-3-4-10-20-16)21-11-12-23(17-8-9-17)14-15-6-7-15;/h3-5,10,15,17H,2,6-9,11-14H2,1H3,(H2,19,21,22);1H. The molecular weight excluding hydrogens is 413 g/mol. The van der Waals surface area contributed by atoms with E-state index in [0.29, 0.717) is 6.54 Å². The third kappa shape index (κ3) is 6.93. The Balaban J connectivity index is 0.00000208. The molecule has 3 rings (SSSR count). The maximum atomic E-state index is 4.63. The van der Waals surface area contributed by atoms with Gasteiger partial charge in [-0.25, -0.2) is 4.99 Å². The largest absolute Gasteiger partial charge is 0.357 e. The number of aromatic nitrogens is 1. The Morgan fingerprint density at radius 3 is 2.71 bits per heavy atom. The zero-order valence-electron chi connectivity index (χ0n) is 14.6. The fraction of sp³-hybridized carbons (Fsp3) is 0.667. The highest BCUT2D eigenvalue weighted by Crippen LogP contribution is 2.34. The predicted molar refractivity (Wildman–Crippen MR) is 110 cm³/mol. The minimum atomic E-state index is 0. The SMILES string of the molecule is CCNC(=NCc1ccccn1)NCCN(CC1CC1)C1CC1.I. The lowest BCUT2D eigenvalue weighted by Gasteiger charge is -2.22. The fourth-order valence-corrected chi connectivity index (χ4v) is 2.81. The van der Waals surface area contributed by atoms with Crippen LogP contribution in [0.2, 0.25) is 0 Å². The van der Waals surface area contributed by atoms with Gasteiger partial charge in [-0.3, -0.25) is 9.88 Å². The second kappa shape index (κ2) is 10.2. The van der Waals surface area contributed by atoms with Gasteiger partial charge in [0.15, 0.2) is 5.96 Å². The van der Waals surface area contributed by atoms with Crippen molar-refractivity contribution >= 4 is 29.9 Å². The summed E-state index contributed by atoms with van der Waals surface area (Å²) in [5, 5.41) is 6.78. The van der Waals surface area contributed by atoms with Crippen molar-refractivity contribution in [2.75, 3.05) is 26.2 Å². The first-order valence-corrected chi connectivity index (χ1v) is 9.01. The highest BCUT2D eigenvalue weighted by atomic mass is 127. The molecule has 2 aliphatic carbocycles. The van der Waals surface area contributed by atoms with E-state index in [4.69, 9.17) is 0 Å². The quantitative estimate of drug-likeness (QED) is 0.350. The Morgan fingerprint density at radius 2 is 2.08 bits per heavy atom. The van der Waals surface area contributed by atoms with Crippen molar-refractivity contribution in [1.29, 1.82) is 0 Å². The molecule has 0 unspecified atom stereocenters. The zero-order valence-corrected chi connectivity index (χ0v) is 16.9. The van der Waals surface area contributed by atoms with Gasteiger partial charge in [-0.2, -0.15) is 0 Å². The minimum Gasteiger partial charge on any atom is -0.357 e. The first-order chi connectivity index (χ1) is 11.3. The lowest BCUT2D eigenvalue weighted by atomic mass is 10.3. The molecule has 0 spiro atoms. The topological polar surface area (TPSA) is 52.6 Å². The number of pyridine rings is 1. The molecule has 5 nitrogen and oxygen atoms in total. The van der Waals surface area contributed by atoms with Crippen LogP contribution >= 0.6 is 24.0 Å². The molecule has 2 N–H and O–H groups in total. The molecule has 2 aliphatic rings. The number of nitrogens with zero attached hydrogens (tertiary/aromatic N) is 3. The summed E-state index contributed by atoms with van der Waals surface area (Å²) in [7, 11) is 0. The van der Waals surface area contributed by atoms with Crippen molar-refractivity contribution in [3.63, 3.8) is 0 Å². The Hall–Kier alpha value is -0.890. The van der Waals surface area contributed by atoms with E-state index < -0.39 is 0 Å². The molecule has 0 aliphatic heterocycles. The molecule has 6 heteroatoms. The molecule has 1 aromatic heterocycles. The van der Waals surface area contributed by atoms with Crippen LogP contribution in [-0.2, 0) is 6.54 Å². The molecule has 24 heavy (non-hydrogen) atoms. The van der Waals surface area contributed by atoms with Crippen LogP contribution < -0.4 is 10.6 Å². The van der Waals surface area contributed by atoms with Gasteiger partial charge in [0.25, 0.3) is 0 Å². The van der Waals surface area contributed by atoms with Crippen LogP contribution in [0, 0.1) is 5.92 Å². The molecule has 0 bridgehead atoms. The minimum absolute atomic E-state index is 0. The van der Waals surface area contributed by atoms with E-state index in [-0.39, 0.29) is 24.0 Å². The second-order valence-corrected chi connectivity index (χ2v) is 6.61. The number of aliphatic imine (C=N–C) groups is 1.